The predicted molar refractivity (Wildman–Crippen MR) is 95.8 cm³/mol. The Kier molecular flexibility index (Phi) is 5.13. The van der Waals surface area contributed by atoms with Gasteiger partial charge in [0.15, 0.2) is 0 Å². The molecular weight excluding hydrogens is 319 g/mol. The Labute approximate surface area is 145 Å². The zero-order chi connectivity index (χ0) is 17.6. The molecule has 0 saturated carbocycles. The van der Waals surface area contributed by atoms with Gasteiger partial charge in [-0.25, -0.2) is 0 Å². The van der Waals surface area contributed by atoms with Crippen LogP contribution in [0.3, 0.4) is 0 Å². The van der Waals surface area contributed by atoms with Crippen LogP contribution in [0.4, 0.5) is 0 Å². The molecule has 2 heterocycles. The van der Waals surface area contributed by atoms with Crippen molar-refractivity contribution in [3.8, 4) is 0 Å². The molecule has 4 aromatic rings. The number of rotatable bonds is 4. The largest absolute Gasteiger partial charge is 0.637 e. The second-order valence-corrected chi connectivity index (χ2v) is 5.37. The number of hydrogen-bond donors (Lipinski definition) is 0. The topological polar surface area (TPSA) is 79.9 Å². The van der Waals surface area contributed by atoms with Crippen molar-refractivity contribution in [1.29, 1.82) is 0 Å². The standard InChI is InChI=1S/C13H11BN6O2.C3H8/c1-14(21-19-15-10-6-2-3-7-11(10)16-19)22-20-17-12-8-4-5-9-13(12)18-20;1-3-2/h2-9H,1H3;3H2,1-2H3. The highest BCUT2D eigenvalue weighted by Gasteiger charge is 2.19. The molecule has 0 aliphatic heterocycles. The smallest absolute Gasteiger partial charge is 0.403 e. The molecule has 0 aliphatic carbocycles. The highest BCUT2D eigenvalue weighted by molar-refractivity contribution is 6.42. The van der Waals surface area contributed by atoms with Crippen LogP contribution in [0.2, 0.25) is 6.82 Å². The van der Waals surface area contributed by atoms with Crippen LogP contribution in [-0.4, -0.2) is 37.4 Å². The zero-order valence-electron chi connectivity index (χ0n) is 14.4. The third-order valence-corrected chi connectivity index (χ3v) is 3.02. The minimum absolute atomic E-state index is 0.663. The molecule has 25 heavy (non-hydrogen) atoms. The lowest BCUT2D eigenvalue weighted by Gasteiger charge is -2.08. The number of benzene rings is 2. The SMILES string of the molecule is CB(On1nc2ccccc2n1)On1nc2ccccc2n1.CCC. The fourth-order valence-electron chi connectivity index (χ4n) is 2.06. The highest BCUT2D eigenvalue weighted by Crippen LogP contribution is 2.07. The van der Waals surface area contributed by atoms with Crippen LogP contribution in [-0.2, 0) is 0 Å². The third-order valence-electron chi connectivity index (χ3n) is 3.02. The van der Waals surface area contributed by atoms with Gasteiger partial charge in [0.25, 0.3) is 0 Å². The van der Waals surface area contributed by atoms with Crippen LogP contribution in [0.5, 0.6) is 0 Å². The van der Waals surface area contributed by atoms with Crippen molar-refractivity contribution in [1.82, 2.24) is 30.3 Å². The first-order valence-electron chi connectivity index (χ1n) is 8.18. The third kappa shape index (κ3) is 4.06. The highest BCUT2D eigenvalue weighted by atomic mass is 16.8. The lowest BCUT2D eigenvalue weighted by atomic mass is 9.97. The van der Waals surface area contributed by atoms with E-state index >= 15 is 0 Å². The number of fused-ring (bicyclic) bond motifs is 2. The van der Waals surface area contributed by atoms with Gasteiger partial charge in [-0.1, -0.05) is 44.5 Å². The van der Waals surface area contributed by atoms with Crippen LogP contribution >= 0.6 is 0 Å². The first-order valence-corrected chi connectivity index (χ1v) is 8.18. The first-order chi connectivity index (χ1) is 12.2. The van der Waals surface area contributed by atoms with Crippen LogP contribution in [0.1, 0.15) is 20.3 Å². The van der Waals surface area contributed by atoms with E-state index in [4.69, 9.17) is 9.51 Å². The molecule has 0 aliphatic rings. The molecule has 0 saturated heterocycles. The van der Waals surface area contributed by atoms with E-state index in [-0.39, 0.29) is 0 Å². The Hall–Kier alpha value is -3.10. The lowest BCUT2D eigenvalue weighted by Crippen LogP contribution is -2.39. The van der Waals surface area contributed by atoms with Crippen molar-refractivity contribution in [3.63, 3.8) is 0 Å². The molecule has 4 rings (SSSR count). The van der Waals surface area contributed by atoms with E-state index in [1.165, 1.54) is 6.42 Å². The summed E-state index contributed by atoms with van der Waals surface area (Å²) in [6.45, 7) is 5.96. The molecule has 9 heteroatoms. The quantitative estimate of drug-likeness (QED) is 0.531. The molecule has 0 atom stereocenters. The van der Waals surface area contributed by atoms with Gasteiger partial charge in [-0.15, -0.1) is 20.4 Å². The number of hydrogen-bond acceptors (Lipinski definition) is 6. The molecule has 0 N–H and O–H groups in total. The van der Waals surface area contributed by atoms with Gasteiger partial charge in [-0.2, -0.15) is 0 Å². The van der Waals surface area contributed by atoms with Gasteiger partial charge in [0.2, 0.25) is 0 Å². The molecular formula is C16H19BN6O2. The van der Waals surface area contributed by atoms with Gasteiger partial charge < -0.3 is 9.51 Å². The van der Waals surface area contributed by atoms with Gasteiger partial charge in [-0.3, -0.25) is 0 Å². The monoisotopic (exact) mass is 338 g/mol. The summed E-state index contributed by atoms with van der Waals surface area (Å²) in [5.41, 5.74) is 2.99. The van der Waals surface area contributed by atoms with E-state index in [0.717, 1.165) is 32.0 Å². The van der Waals surface area contributed by atoms with Gasteiger partial charge in [0.05, 0.1) is 0 Å². The van der Waals surface area contributed by atoms with Crippen LogP contribution in [0.25, 0.3) is 22.1 Å². The summed E-state index contributed by atoms with van der Waals surface area (Å²) in [4.78, 5) is 2.27. The molecule has 0 amide bonds. The van der Waals surface area contributed by atoms with Gasteiger partial charge in [-0.05, 0) is 34.2 Å². The molecule has 0 radical (unpaired) electrons. The van der Waals surface area contributed by atoms with Crippen molar-refractivity contribution in [2.45, 2.75) is 27.1 Å². The second kappa shape index (κ2) is 7.65. The van der Waals surface area contributed by atoms with E-state index in [9.17, 15) is 0 Å². The van der Waals surface area contributed by atoms with Gasteiger partial charge >= 0.3 is 7.12 Å². The maximum atomic E-state index is 5.47. The average molecular weight is 338 g/mol. The Morgan fingerprint density at radius 2 is 1.00 bits per heavy atom. The molecule has 2 aromatic heterocycles. The molecule has 0 bridgehead atoms. The fraction of sp³-hybridized carbons (Fsp3) is 0.250. The van der Waals surface area contributed by atoms with E-state index in [2.05, 4.69) is 34.2 Å². The van der Waals surface area contributed by atoms with Crippen molar-refractivity contribution in [2.24, 2.45) is 0 Å². The molecule has 128 valence electrons. The van der Waals surface area contributed by atoms with Crippen LogP contribution < -0.4 is 9.51 Å². The summed E-state index contributed by atoms with van der Waals surface area (Å²) in [6, 6.07) is 15.0. The van der Waals surface area contributed by atoms with E-state index in [1.807, 2.05) is 48.5 Å². The Balaban J connectivity index is 0.000000569. The Morgan fingerprint density at radius 3 is 1.28 bits per heavy atom. The summed E-state index contributed by atoms with van der Waals surface area (Å²) in [6.07, 6.45) is 1.25. The predicted octanol–water partition coefficient (Wildman–Crippen LogP) is 2.27. The summed E-state index contributed by atoms with van der Waals surface area (Å²) in [5, 5.41) is 16.8. The van der Waals surface area contributed by atoms with Gasteiger partial charge in [0, 0.05) is 6.82 Å². The Morgan fingerprint density at radius 1 is 0.720 bits per heavy atom. The summed E-state index contributed by atoms with van der Waals surface area (Å²) in [7, 11) is -0.663. The van der Waals surface area contributed by atoms with E-state index < -0.39 is 7.12 Å². The van der Waals surface area contributed by atoms with Crippen LogP contribution in [0, 0.1) is 0 Å². The van der Waals surface area contributed by atoms with Gasteiger partial charge in [0.1, 0.15) is 22.1 Å². The summed E-state index contributed by atoms with van der Waals surface area (Å²) < 4.78 is 10.9. The minimum atomic E-state index is -0.663. The first kappa shape index (κ1) is 16.8. The molecule has 0 unspecified atom stereocenters. The molecule has 0 spiro atoms. The van der Waals surface area contributed by atoms with Crippen molar-refractivity contribution < 1.29 is 9.51 Å². The zero-order valence-corrected chi connectivity index (χ0v) is 14.4. The fourth-order valence-corrected chi connectivity index (χ4v) is 2.06. The average Bonchev–Trinajstić information content (AvgIpc) is 3.17. The van der Waals surface area contributed by atoms with Crippen LogP contribution in [0.15, 0.2) is 48.5 Å². The summed E-state index contributed by atoms with van der Waals surface area (Å²) >= 11 is 0. The maximum Gasteiger partial charge on any atom is 0.637 e. The van der Waals surface area contributed by atoms with Crippen molar-refractivity contribution in [2.75, 3.05) is 0 Å². The lowest BCUT2D eigenvalue weighted by molar-refractivity contribution is 0.101. The van der Waals surface area contributed by atoms with Crippen molar-refractivity contribution >= 4 is 29.2 Å². The minimum Gasteiger partial charge on any atom is -0.403 e. The molecule has 8 nitrogen and oxygen atoms in total. The Bertz CT molecular complexity index is 812. The maximum absolute atomic E-state index is 5.47. The summed E-state index contributed by atoms with van der Waals surface area (Å²) in [5.74, 6) is 0. The van der Waals surface area contributed by atoms with E-state index in [0.29, 0.717) is 0 Å². The van der Waals surface area contributed by atoms with E-state index in [1.54, 1.807) is 6.82 Å². The molecule has 2 aromatic carbocycles. The second-order valence-electron chi connectivity index (χ2n) is 5.37. The molecule has 0 fully saturated rings. The number of aromatic nitrogens is 6. The number of nitrogens with zero attached hydrogens (tertiary/aromatic N) is 6. The van der Waals surface area contributed by atoms with Crippen molar-refractivity contribution in [3.05, 3.63) is 48.5 Å². The normalized spacial score (nSPS) is 10.4.